The van der Waals surface area contributed by atoms with Gasteiger partial charge in [-0.15, -0.1) is 0 Å². The van der Waals surface area contributed by atoms with Gasteiger partial charge in [-0.05, 0) is 12.8 Å². The molecule has 1 N–H and O–H groups in total. The first-order chi connectivity index (χ1) is 10.5. The van der Waals surface area contributed by atoms with Gasteiger partial charge in [0.2, 0.25) is 5.91 Å². The molecule has 2 atom stereocenters. The summed E-state index contributed by atoms with van der Waals surface area (Å²) in [4.78, 5) is 16.1. The smallest absolute Gasteiger partial charge is 0.223 e. The molecule has 22 heavy (non-hydrogen) atoms. The molecule has 3 heterocycles. The highest BCUT2D eigenvalue weighted by molar-refractivity contribution is 5.87. The number of carbonyl (C=O) groups excluding carboxylic acids is 1. The number of nitrogens with one attached hydrogen (secondary N) is 1. The Morgan fingerprint density at radius 3 is 2.77 bits per heavy atom. The highest BCUT2D eigenvalue weighted by atomic mass is 19.2. The summed E-state index contributed by atoms with van der Waals surface area (Å²) in [6, 6.07) is 0.439. The minimum Gasteiger partial charge on any atom is -0.356 e. The van der Waals surface area contributed by atoms with E-state index in [0.717, 1.165) is 6.07 Å². The molecule has 1 fully saturated rings. The fourth-order valence-corrected chi connectivity index (χ4v) is 3.61. The number of nitrogens with zero attached hydrogens (tertiary/aromatic N) is 1. The van der Waals surface area contributed by atoms with Gasteiger partial charge >= 0.3 is 0 Å². The molecule has 4 rings (SSSR count). The van der Waals surface area contributed by atoms with E-state index < -0.39 is 23.6 Å². The Bertz CT molecular complexity index is 801. The van der Waals surface area contributed by atoms with E-state index in [2.05, 4.69) is 4.98 Å². The van der Waals surface area contributed by atoms with Gasteiger partial charge in [0.05, 0.1) is 18.1 Å². The number of aromatic amines is 1. The maximum Gasteiger partial charge on any atom is 0.223 e. The lowest BCUT2D eigenvalue weighted by Crippen LogP contribution is -2.43. The lowest BCUT2D eigenvalue weighted by Gasteiger charge is -2.40. The van der Waals surface area contributed by atoms with Crippen molar-refractivity contribution < 1.29 is 22.4 Å². The van der Waals surface area contributed by atoms with Crippen molar-refractivity contribution in [1.82, 2.24) is 9.88 Å². The molecule has 1 saturated heterocycles. The number of hydrogen-bond donors (Lipinski definition) is 1. The van der Waals surface area contributed by atoms with Gasteiger partial charge in [-0.3, -0.25) is 4.79 Å². The molecule has 0 aliphatic carbocycles. The maximum absolute atomic E-state index is 14.5. The largest absolute Gasteiger partial charge is 0.356 e. The van der Waals surface area contributed by atoms with Crippen molar-refractivity contribution in [2.75, 3.05) is 6.54 Å². The second kappa shape index (κ2) is 4.47. The third-order valence-corrected chi connectivity index (χ3v) is 4.56. The van der Waals surface area contributed by atoms with Crippen molar-refractivity contribution >= 4 is 16.8 Å². The Balaban J connectivity index is 2.00. The van der Waals surface area contributed by atoms with Crippen LogP contribution in [0.2, 0.25) is 0 Å². The molecule has 0 unspecified atom stereocenters. The summed E-state index contributed by atoms with van der Waals surface area (Å²) in [5, 5.41) is -0.251. The second-order valence-corrected chi connectivity index (χ2v) is 5.78. The van der Waals surface area contributed by atoms with Gasteiger partial charge in [0, 0.05) is 29.1 Å². The van der Waals surface area contributed by atoms with E-state index in [1.54, 1.807) is 0 Å². The van der Waals surface area contributed by atoms with E-state index in [0.29, 0.717) is 25.0 Å². The molecule has 0 spiro atoms. The Morgan fingerprint density at radius 2 is 2.00 bits per heavy atom. The molecule has 1 amide bonds. The van der Waals surface area contributed by atoms with E-state index in [1.807, 2.05) is 0 Å². The number of rotatable bonds is 0. The van der Waals surface area contributed by atoms with Gasteiger partial charge in [0.15, 0.2) is 17.5 Å². The van der Waals surface area contributed by atoms with Gasteiger partial charge < -0.3 is 9.88 Å². The molecule has 7 heteroatoms. The third kappa shape index (κ3) is 1.65. The van der Waals surface area contributed by atoms with Crippen molar-refractivity contribution in [3.8, 4) is 0 Å². The summed E-state index contributed by atoms with van der Waals surface area (Å²) in [6.07, 6.45) is -0.000453. The number of carbonyl (C=O) groups is 1. The first-order valence-electron chi connectivity index (χ1n) is 7.11. The molecule has 2 aliphatic rings. The number of H-pyrrole nitrogens is 1. The van der Waals surface area contributed by atoms with Gasteiger partial charge in [0.25, 0.3) is 0 Å². The zero-order valence-electron chi connectivity index (χ0n) is 11.4. The topological polar surface area (TPSA) is 36.1 Å². The van der Waals surface area contributed by atoms with Crippen molar-refractivity contribution in [2.45, 2.75) is 31.5 Å². The minimum absolute atomic E-state index is 0.0161. The lowest BCUT2D eigenvalue weighted by atomic mass is 9.89. The first-order valence-corrected chi connectivity index (χ1v) is 7.11. The summed E-state index contributed by atoms with van der Waals surface area (Å²) < 4.78 is 55.4. The zero-order chi connectivity index (χ0) is 15.6. The average molecular weight is 312 g/mol. The van der Waals surface area contributed by atoms with Crippen molar-refractivity contribution in [2.24, 2.45) is 0 Å². The number of benzene rings is 1. The second-order valence-electron chi connectivity index (χ2n) is 5.78. The van der Waals surface area contributed by atoms with Crippen LogP contribution in [0.25, 0.3) is 10.9 Å². The normalized spacial score (nSPS) is 24.5. The number of amides is 1. The Kier molecular flexibility index (Phi) is 2.76. The Labute approximate surface area is 122 Å². The highest BCUT2D eigenvalue weighted by Crippen LogP contribution is 2.45. The number of piperidine rings is 1. The fourth-order valence-electron chi connectivity index (χ4n) is 3.61. The first kappa shape index (κ1) is 13.6. The molecule has 1 aromatic heterocycles. The molecule has 2 aliphatic heterocycles. The summed E-state index contributed by atoms with van der Waals surface area (Å²) in [5.74, 6) is -4.47. The molecule has 2 aromatic rings. The molecule has 0 radical (unpaired) electrons. The quantitative estimate of drug-likeness (QED) is 0.585. The maximum atomic E-state index is 14.5. The van der Waals surface area contributed by atoms with Crippen molar-refractivity contribution in [1.29, 1.82) is 0 Å². The van der Waals surface area contributed by atoms with Crippen molar-refractivity contribution in [3.63, 3.8) is 0 Å². The van der Waals surface area contributed by atoms with E-state index >= 15 is 0 Å². The molecule has 116 valence electrons. The molecule has 3 nitrogen and oxygen atoms in total. The van der Waals surface area contributed by atoms with Crippen molar-refractivity contribution in [3.05, 3.63) is 34.8 Å². The van der Waals surface area contributed by atoms with Gasteiger partial charge in [-0.2, -0.15) is 0 Å². The van der Waals surface area contributed by atoms with Crippen LogP contribution in [0.1, 0.15) is 42.7 Å². The van der Waals surface area contributed by atoms with Crippen LogP contribution in [0, 0.1) is 17.5 Å². The molecular weight excluding hydrogens is 300 g/mol. The van der Waals surface area contributed by atoms with Gasteiger partial charge in [0.1, 0.15) is 6.17 Å². The molecule has 0 bridgehead atoms. The number of alkyl halides is 1. The van der Waals surface area contributed by atoms with Crippen LogP contribution in [-0.4, -0.2) is 22.3 Å². The van der Waals surface area contributed by atoms with E-state index in [-0.39, 0.29) is 35.0 Å². The fraction of sp³-hybridized carbons (Fsp3) is 0.400. The van der Waals surface area contributed by atoms with Crippen LogP contribution in [0.15, 0.2) is 6.07 Å². The predicted molar refractivity (Wildman–Crippen MR) is 70.3 cm³/mol. The molecular formula is C15H12F4N2O. The average Bonchev–Trinajstić information content (AvgIpc) is 2.86. The Morgan fingerprint density at radius 1 is 1.23 bits per heavy atom. The number of aromatic nitrogens is 1. The summed E-state index contributed by atoms with van der Waals surface area (Å²) >= 11 is 0. The third-order valence-electron chi connectivity index (χ3n) is 4.56. The van der Waals surface area contributed by atoms with Crippen LogP contribution in [0.4, 0.5) is 17.6 Å². The van der Waals surface area contributed by atoms with Crippen LogP contribution >= 0.6 is 0 Å². The lowest BCUT2D eigenvalue weighted by molar-refractivity contribution is -0.138. The summed E-state index contributed by atoms with van der Waals surface area (Å²) in [5.41, 5.74) is 0.386. The molecule has 1 aromatic carbocycles. The van der Waals surface area contributed by atoms with Crippen LogP contribution in [0.3, 0.4) is 0 Å². The standard InChI is InChI=1S/C15H12F4N2O/c16-6-4-8-12(14(19)13(6)18)11-7(17)5-21-9(15(11)20-8)2-1-3-10(21)22/h4,7,9,20H,1-3,5H2/t7-,9+/m0/s1. The minimum atomic E-state index is -1.62. The van der Waals surface area contributed by atoms with Gasteiger partial charge in [-0.25, -0.2) is 17.6 Å². The summed E-state index contributed by atoms with van der Waals surface area (Å²) in [7, 11) is 0. The number of hydrogen-bond acceptors (Lipinski definition) is 1. The van der Waals surface area contributed by atoms with E-state index in [1.165, 1.54) is 4.90 Å². The number of fused-ring (bicyclic) bond motifs is 5. The predicted octanol–water partition coefficient (Wildman–Crippen LogP) is 3.66. The van der Waals surface area contributed by atoms with Crippen LogP contribution in [-0.2, 0) is 4.79 Å². The molecule has 0 saturated carbocycles. The van der Waals surface area contributed by atoms with E-state index in [4.69, 9.17) is 0 Å². The monoisotopic (exact) mass is 312 g/mol. The van der Waals surface area contributed by atoms with Gasteiger partial charge in [-0.1, -0.05) is 0 Å². The van der Waals surface area contributed by atoms with E-state index in [9.17, 15) is 22.4 Å². The van der Waals surface area contributed by atoms with Crippen LogP contribution in [0.5, 0.6) is 0 Å². The summed E-state index contributed by atoms with van der Waals surface area (Å²) in [6.45, 7) is -0.179. The zero-order valence-corrected chi connectivity index (χ0v) is 11.4. The number of halogens is 4. The highest BCUT2D eigenvalue weighted by Gasteiger charge is 2.41. The Hall–Kier alpha value is -2.05. The SMILES string of the molecule is O=C1CCC[C@@H]2c3[nH]c4cc(F)c(F)c(F)c4c3[C@@H](F)CN12. The van der Waals surface area contributed by atoms with Crippen LogP contribution < -0.4 is 0 Å².